The molecule has 0 saturated carbocycles. The molecule has 0 N–H and O–H groups in total. The van der Waals surface area contributed by atoms with Crippen LogP contribution in [-0.2, 0) is 21.7 Å². The van der Waals surface area contributed by atoms with Crippen molar-refractivity contribution in [3.63, 3.8) is 0 Å². The second-order valence-electron chi connectivity index (χ2n) is 10.5. The second kappa shape index (κ2) is 19.0. The van der Waals surface area contributed by atoms with Crippen LogP contribution in [0.15, 0.2) is 138 Å². The van der Waals surface area contributed by atoms with Gasteiger partial charge in [-0.3, -0.25) is 6.08 Å². The van der Waals surface area contributed by atoms with Crippen molar-refractivity contribution in [1.82, 2.24) is 0 Å². The van der Waals surface area contributed by atoms with E-state index in [1.165, 1.54) is 22.3 Å². The molecule has 0 spiro atoms. The normalized spacial score (nSPS) is 14.4. The number of allylic oxidation sites excluding steroid dienone is 6. The van der Waals surface area contributed by atoms with E-state index in [1.54, 1.807) is 0 Å². The predicted octanol–water partition coefficient (Wildman–Crippen LogP) is 10.9. The number of rotatable bonds is 6. The van der Waals surface area contributed by atoms with Gasteiger partial charge in [0.25, 0.3) is 0 Å². The first-order valence-corrected chi connectivity index (χ1v) is 17.0. The van der Waals surface area contributed by atoms with Gasteiger partial charge in [0.1, 0.15) is 11.5 Å². The third kappa shape index (κ3) is 11.3. The zero-order valence-corrected chi connectivity index (χ0v) is 29.4. The molecule has 43 heavy (non-hydrogen) atoms. The number of ether oxygens (including phenoxy) is 1. The van der Waals surface area contributed by atoms with Crippen molar-refractivity contribution < 1.29 is 26.5 Å². The van der Waals surface area contributed by atoms with Crippen LogP contribution < -0.4 is 4.74 Å². The molecule has 5 rings (SSSR count). The van der Waals surface area contributed by atoms with E-state index in [1.807, 2.05) is 54.6 Å². The standard InChI is InChI=1S/C29H24O.C9H13.C2H7Si.Ti/c1-23-17-19-24(20-18-23)21-22-28(25-11-5-2-6-12-25)29(26-13-7-3-8-14-26)30-27-15-9-4-10-16-27;1-6-5-7(2)9(4)8(6)3;1-3-2;/h2-22H,1H3;6H,1-4H3;3H,1-2H3;/q;-1;;. The van der Waals surface area contributed by atoms with Gasteiger partial charge in [0.15, 0.2) is 0 Å². The van der Waals surface area contributed by atoms with E-state index in [4.69, 9.17) is 4.74 Å². The molecule has 0 bridgehead atoms. The van der Waals surface area contributed by atoms with Crippen LogP contribution in [0, 0.1) is 18.9 Å². The summed E-state index contributed by atoms with van der Waals surface area (Å²) in [5, 5.41) is 0. The quantitative estimate of drug-likeness (QED) is 0.0689. The fourth-order valence-electron chi connectivity index (χ4n) is 4.40. The number of para-hydroxylation sites is 1. The van der Waals surface area contributed by atoms with Gasteiger partial charge in [0.2, 0.25) is 0 Å². The van der Waals surface area contributed by atoms with Crippen molar-refractivity contribution >= 4 is 26.9 Å². The van der Waals surface area contributed by atoms with Gasteiger partial charge in [-0.1, -0.05) is 161 Å². The first-order chi connectivity index (χ1) is 20.3. The van der Waals surface area contributed by atoms with Gasteiger partial charge in [-0.15, -0.1) is 6.92 Å². The van der Waals surface area contributed by atoms with Crippen LogP contribution in [-0.4, -0.2) is 9.52 Å². The smallest absolute Gasteiger partial charge is 0.142 e. The molecular weight excluding hydrogens is 572 g/mol. The fraction of sp³-hybridized carbons (Fsp3) is 0.200. The van der Waals surface area contributed by atoms with Crippen molar-refractivity contribution in [2.75, 3.05) is 0 Å². The van der Waals surface area contributed by atoms with E-state index in [2.05, 4.69) is 127 Å². The molecule has 1 radical (unpaired) electrons. The minimum absolute atomic E-state index is 0. The van der Waals surface area contributed by atoms with Gasteiger partial charge in [-0.25, -0.2) is 5.57 Å². The maximum atomic E-state index is 6.45. The first kappa shape index (κ1) is 35.8. The van der Waals surface area contributed by atoms with Crippen molar-refractivity contribution in [3.8, 4) is 5.75 Å². The summed E-state index contributed by atoms with van der Waals surface area (Å²) in [5.41, 5.74) is 9.83. The molecule has 0 aromatic heterocycles. The Morgan fingerprint density at radius 2 is 1.19 bits per heavy atom. The molecule has 1 unspecified atom stereocenters. The Bertz CT molecular complexity index is 1500. The molecule has 1 atom stereocenters. The Labute approximate surface area is 277 Å². The summed E-state index contributed by atoms with van der Waals surface area (Å²) in [4.78, 5) is 0. The predicted molar refractivity (Wildman–Crippen MR) is 186 cm³/mol. The molecule has 1 nitrogen and oxygen atoms in total. The van der Waals surface area contributed by atoms with Crippen LogP contribution in [0.1, 0.15) is 49.9 Å². The number of aryl methyl sites for hydroxylation is 1. The van der Waals surface area contributed by atoms with E-state index < -0.39 is 0 Å². The van der Waals surface area contributed by atoms with Gasteiger partial charge < -0.3 is 4.74 Å². The monoisotopic (exact) mass is 616 g/mol. The zero-order chi connectivity index (χ0) is 30.3. The molecule has 3 heteroatoms. The summed E-state index contributed by atoms with van der Waals surface area (Å²) in [6, 6.07) is 39.1. The average Bonchev–Trinajstić information content (AvgIpc) is 3.24. The molecule has 0 amide bonds. The molecule has 0 heterocycles. The number of hydrogen-bond acceptors (Lipinski definition) is 1. The zero-order valence-electron chi connectivity index (χ0n) is 26.7. The summed E-state index contributed by atoms with van der Waals surface area (Å²) < 4.78 is 6.45. The van der Waals surface area contributed by atoms with Crippen LogP contribution in [0.3, 0.4) is 0 Å². The van der Waals surface area contributed by atoms with Gasteiger partial charge in [-0.2, -0.15) is 11.1 Å². The third-order valence-electron chi connectivity index (χ3n) is 7.08. The van der Waals surface area contributed by atoms with Crippen LogP contribution in [0.4, 0.5) is 0 Å². The molecule has 219 valence electrons. The van der Waals surface area contributed by atoms with Crippen LogP contribution in [0.5, 0.6) is 5.75 Å². The molecule has 0 aliphatic heterocycles. The van der Waals surface area contributed by atoms with E-state index >= 15 is 0 Å². The van der Waals surface area contributed by atoms with Gasteiger partial charge in [0, 0.05) is 42.4 Å². The molecule has 1 aliphatic rings. The maximum Gasteiger partial charge on any atom is 0.142 e. The van der Waals surface area contributed by atoms with Crippen molar-refractivity contribution in [1.29, 1.82) is 0 Å². The van der Waals surface area contributed by atoms with Gasteiger partial charge in [0.05, 0.1) is 0 Å². The summed E-state index contributed by atoms with van der Waals surface area (Å²) in [6.07, 6.45) is 7.64. The topological polar surface area (TPSA) is 9.23 Å². The Balaban J connectivity index is 0.000000418. The van der Waals surface area contributed by atoms with Crippen molar-refractivity contribution in [2.45, 2.75) is 47.7 Å². The maximum absolute atomic E-state index is 6.45. The first-order valence-electron chi connectivity index (χ1n) is 14.7. The van der Waals surface area contributed by atoms with Gasteiger partial charge in [-0.05, 0) is 30.2 Å². The summed E-state index contributed by atoms with van der Waals surface area (Å²) in [6.45, 7) is 15.2. The fourth-order valence-corrected chi connectivity index (χ4v) is 4.40. The van der Waals surface area contributed by atoms with E-state index in [9.17, 15) is 0 Å². The number of benzene rings is 4. The van der Waals surface area contributed by atoms with Crippen LogP contribution in [0.25, 0.3) is 17.4 Å². The molecule has 0 saturated heterocycles. The Kier molecular flexibility index (Phi) is 15.8. The molecule has 0 fully saturated rings. The largest absolute Gasteiger partial charge is 0.456 e. The van der Waals surface area contributed by atoms with Crippen molar-refractivity contribution in [3.05, 3.63) is 166 Å². The summed E-state index contributed by atoms with van der Waals surface area (Å²) in [7, 11) is 0.750. The molecule has 4 aromatic carbocycles. The third-order valence-corrected chi connectivity index (χ3v) is 7.08. The van der Waals surface area contributed by atoms with Gasteiger partial charge >= 0.3 is 0 Å². The van der Waals surface area contributed by atoms with E-state index in [-0.39, 0.29) is 21.7 Å². The Morgan fingerprint density at radius 1 is 0.698 bits per heavy atom. The minimum atomic E-state index is 0. The molecule has 4 aromatic rings. The molecular formula is C40H44OSiTi-. The Hall–Kier alpha value is -3.43. The van der Waals surface area contributed by atoms with E-state index in [0.29, 0.717) is 5.92 Å². The van der Waals surface area contributed by atoms with Crippen LogP contribution >= 0.6 is 0 Å². The second-order valence-corrected chi connectivity index (χ2v) is 11.7. The number of hydrogen-bond donors (Lipinski definition) is 0. The molecule has 1 aliphatic carbocycles. The SMILES string of the molecule is CC1=[C-]C(C)C(C)=C1C.C[SiH]C.Cc1ccc(C=CC(=C(Oc2ccccc2)c2ccccc2)c2ccccc2)cc1.[Ti]. The summed E-state index contributed by atoms with van der Waals surface area (Å²) in [5.74, 6) is 2.20. The Morgan fingerprint density at radius 3 is 1.63 bits per heavy atom. The minimum Gasteiger partial charge on any atom is -0.456 e. The van der Waals surface area contributed by atoms with Crippen LogP contribution in [0.2, 0.25) is 13.1 Å². The van der Waals surface area contributed by atoms with E-state index in [0.717, 1.165) is 43.3 Å². The van der Waals surface area contributed by atoms with Crippen molar-refractivity contribution in [2.24, 2.45) is 5.92 Å². The average molecular weight is 617 g/mol. The summed E-state index contributed by atoms with van der Waals surface area (Å²) >= 11 is 0.